The highest BCUT2D eigenvalue weighted by atomic mass is 16.5. The van der Waals surface area contributed by atoms with Crippen LogP contribution in [0.3, 0.4) is 0 Å². The Morgan fingerprint density at radius 3 is 3.04 bits per heavy atom. The fourth-order valence-electron chi connectivity index (χ4n) is 4.41. The van der Waals surface area contributed by atoms with Gasteiger partial charge in [-0.1, -0.05) is 0 Å². The lowest BCUT2D eigenvalue weighted by atomic mass is 10.1. The number of rotatable bonds is 4. The molecular formula is C21H27N5O. The molecule has 3 atom stereocenters. The van der Waals surface area contributed by atoms with Gasteiger partial charge in [0.1, 0.15) is 11.9 Å². The minimum absolute atomic E-state index is 0.0766. The summed E-state index contributed by atoms with van der Waals surface area (Å²) < 4.78 is 10.1. The van der Waals surface area contributed by atoms with Crippen molar-refractivity contribution in [3.8, 4) is 11.1 Å². The minimum atomic E-state index is 0.0766. The molecule has 6 heteroatoms. The molecule has 3 aromatic rings. The van der Waals surface area contributed by atoms with E-state index in [4.69, 9.17) is 9.72 Å². The summed E-state index contributed by atoms with van der Waals surface area (Å²) in [5.41, 5.74) is 3.28. The highest BCUT2D eigenvalue weighted by molar-refractivity contribution is 5.81. The Balaban J connectivity index is 1.36. The molecule has 5 heterocycles. The van der Waals surface area contributed by atoms with E-state index in [1.807, 2.05) is 17.1 Å². The van der Waals surface area contributed by atoms with Gasteiger partial charge in [-0.2, -0.15) is 5.10 Å². The first-order valence-electron chi connectivity index (χ1n) is 10.1. The van der Waals surface area contributed by atoms with Gasteiger partial charge in [0.25, 0.3) is 0 Å². The maximum Gasteiger partial charge on any atom is 0.150 e. The summed E-state index contributed by atoms with van der Waals surface area (Å²) in [6, 6.07) is 5.02. The number of ether oxygens (including phenoxy) is 1. The van der Waals surface area contributed by atoms with Crippen LogP contribution in [0.5, 0.6) is 0 Å². The lowest BCUT2D eigenvalue weighted by Crippen LogP contribution is -2.18. The van der Waals surface area contributed by atoms with Crippen molar-refractivity contribution in [2.75, 3.05) is 13.2 Å². The topological polar surface area (TPSA) is 56.9 Å². The van der Waals surface area contributed by atoms with Crippen LogP contribution in [0.15, 0.2) is 36.9 Å². The van der Waals surface area contributed by atoms with Gasteiger partial charge in [-0.3, -0.25) is 0 Å². The third kappa shape index (κ3) is 3.39. The smallest absolute Gasteiger partial charge is 0.150 e. The molecule has 1 N–H and O–H groups in total. The molecule has 142 valence electrons. The lowest BCUT2D eigenvalue weighted by molar-refractivity contribution is -0.0394. The van der Waals surface area contributed by atoms with E-state index >= 15 is 0 Å². The zero-order valence-electron chi connectivity index (χ0n) is 15.8. The molecule has 0 amide bonds. The third-order valence-electron chi connectivity index (χ3n) is 5.88. The third-order valence-corrected chi connectivity index (χ3v) is 5.88. The molecule has 3 aromatic heterocycles. The first-order valence-corrected chi connectivity index (χ1v) is 10.1. The standard InChI is InChI=1S/C21H27N5O/c1-15-8-16(10-22-15)13-25-6-5-17-9-18(11-23-21(17)25)19-12-24-26(14-19)20-4-2-3-7-27-20/h5-6,9,11-12,14-16,20,22H,2-4,7-8,10,13H2,1H3/t15-,16?,20?/m0/s1. The highest BCUT2D eigenvalue weighted by Crippen LogP contribution is 2.27. The van der Waals surface area contributed by atoms with Crippen molar-refractivity contribution in [3.63, 3.8) is 0 Å². The monoisotopic (exact) mass is 365 g/mol. The molecule has 2 saturated heterocycles. The number of nitrogens with one attached hydrogen (secondary N) is 1. The zero-order valence-corrected chi connectivity index (χ0v) is 15.8. The van der Waals surface area contributed by atoms with E-state index < -0.39 is 0 Å². The van der Waals surface area contributed by atoms with Gasteiger partial charge in [-0.05, 0) is 57.2 Å². The van der Waals surface area contributed by atoms with Crippen LogP contribution in [0.4, 0.5) is 0 Å². The molecule has 5 rings (SSSR count). The van der Waals surface area contributed by atoms with Crippen LogP contribution in [0.2, 0.25) is 0 Å². The van der Waals surface area contributed by atoms with E-state index in [2.05, 4.69) is 46.4 Å². The summed E-state index contributed by atoms with van der Waals surface area (Å²) in [5, 5.41) is 9.25. The lowest BCUT2D eigenvalue weighted by Gasteiger charge is -2.22. The van der Waals surface area contributed by atoms with E-state index in [1.165, 1.54) is 18.2 Å². The summed E-state index contributed by atoms with van der Waals surface area (Å²) >= 11 is 0. The molecule has 2 unspecified atom stereocenters. The van der Waals surface area contributed by atoms with E-state index in [1.54, 1.807) is 0 Å². The van der Waals surface area contributed by atoms with Crippen LogP contribution in [0, 0.1) is 5.92 Å². The number of hydrogen-bond acceptors (Lipinski definition) is 4. The Bertz CT molecular complexity index is 924. The molecule has 2 aliphatic heterocycles. The first-order chi connectivity index (χ1) is 13.3. The van der Waals surface area contributed by atoms with Crippen molar-refractivity contribution in [2.45, 2.75) is 51.4 Å². The predicted octanol–water partition coefficient (Wildman–Crippen LogP) is 3.60. The molecule has 27 heavy (non-hydrogen) atoms. The van der Waals surface area contributed by atoms with Crippen molar-refractivity contribution >= 4 is 11.0 Å². The molecule has 0 saturated carbocycles. The second-order valence-electron chi connectivity index (χ2n) is 8.05. The first kappa shape index (κ1) is 17.0. The van der Waals surface area contributed by atoms with E-state index in [0.717, 1.165) is 49.3 Å². The van der Waals surface area contributed by atoms with Crippen LogP contribution in [0.1, 0.15) is 38.8 Å². The van der Waals surface area contributed by atoms with Crippen molar-refractivity contribution in [2.24, 2.45) is 5.92 Å². The summed E-state index contributed by atoms with van der Waals surface area (Å²) in [6.07, 6.45) is 12.9. The average Bonchev–Trinajstić information content (AvgIpc) is 3.43. The van der Waals surface area contributed by atoms with Gasteiger partial charge in [0, 0.05) is 54.3 Å². The summed E-state index contributed by atoms with van der Waals surface area (Å²) in [5.74, 6) is 0.686. The predicted molar refractivity (Wildman–Crippen MR) is 105 cm³/mol. The van der Waals surface area contributed by atoms with Crippen LogP contribution in [-0.2, 0) is 11.3 Å². The normalized spacial score (nSPS) is 26.0. The number of fused-ring (bicyclic) bond motifs is 1. The molecular weight excluding hydrogens is 338 g/mol. The molecule has 2 fully saturated rings. The van der Waals surface area contributed by atoms with Crippen LogP contribution in [-0.4, -0.2) is 38.5 Å². The average molecular weight is 365 g/mol. The van der Waals surface area contributed by atoms with Gasteiger partial charge in [0.15, 0.2) is 0 Å². The quantitative estimate of drug-likeness (QED) is 0.768. The Labute approximate surface area is 159 Å². The van der Waals surface area contributed by atoms with Gasteiger partial charge in [0.2, 0.25) is 0 Å². The second-order valence-corrected chi connectivity index (χ2v) is 8.05. The Hall–Kier alpha value is -2.18. The molecule has 0 aromatic carbocycles. The SMILES string of the molecule is C[C@H]1CC(Cn2ccc3cc(-c4cnn(C5CCCCO5)c4)cnc32)CN1. The van der Waals surface area contributed by atoms with Gasteiger partial charge in [0.05, 0.1) is 6.20 Å². The number of nitrogens with zero attached hydrogens (tertiary/aromatic N) is 4. The second kappa shape index (κ2) is 7.09. The van der Waals surface area contributed by atoms with Crippen LogP contribution < -0.4 is 5.32 Å². The summed E-state index contributed by atoms with van der Waals surface area (Å²) in [7, 11) is 0. The van der Waals surface area contributed by atoms with Crippen LogP contribution in [0.25, 0.3) is 22.2 Å². The van der Waals surface area contributed by atoms with Crippen molar-refractivity contribution in [3.05, 3.63) is 36.9 Å². The maximum absolute atomic E-state index is 5.83. The Morgan fingerprint density at radius 1 is 1.26 bits per heavy atom. The minimum Gasteiger partial charge on any atom is -0.357 e. The molecule has 0 radical (unpaired) electrons. The fourth-order valence-corrected chi connectivity index (χ4v) is 4.41. The largest absolute Gasteiger partial charge is 0.357 e. The molecule has 0 bridgehead atoms. The Kier molecular flexibility index (Phi) is 4.45. The van der Waals surface area contributed by atoms with Gasteiger partial charge >= 0.3 is 0 Å². The van der Waals surface area contributed by atoms with E-state index in [-0.39, 0.29) is 6.23 Å². The van der Waals surface area contributed by atoms with E-state index in [0.29, 0.717) is 12.0 Å². The van der Waals surface area contributed by atoms with Crippen molar-refractivity contribution < 1.29 is 4.74 Å². The van der Waals surface area contributed by atoms with Crippen molar-refractivity contribution in [1.82, 2.24) is 24.6 Å². The molecule has 6 nitrogen and oxygen atoms in total. The van der Waals surface area contributed by atoms with Gasteiger partial charge < -0.3 is 14.6 Å². The van der Waals surface area contributed by atoms with Gasteiger partial charge in [-0.15, -0.1) is 0 Å². The maximum atomic E-state index is 5.83. The van der Waals surface area contributed by atoms with Gasteiger partial charge in [-0.25, -0.2) is 9.67 Å². The fraction of sp³-hybridized carbons (Fsp3) is 0.524. The molecule has 0 spiro atoms. The summed E-state index contributed by atoms with van der Waals surface area (Å²) in [6.45, 7) is 5.22. The zero-order chi connectivity index (χ0) is 18.2. The van der Waals surface area contributed by atoms with Crippen molar-refractivity contribution in [1.29, 1.82) is 0 Å². The molecule has 2 aliphatic rings. The highest BCUT2D eigenvalue weighted by Gasteiger charge is 2.21. The number of hydrogen-bond donors (Lipinski definition) is 1. The Morgan fingerprint density at radius 2 is 2.22 bits per heavy atom. The molecule has 0 aliphatic carbocycles. The number of pyridine rings is 1. The number of aromatic nitrogens is 4. The van der Waals surface area contributed by atoms with Crippen LogP contribution >= 0.6 is 0 Å². The summed E-state index contributed by atoms with van der Waals surface area (Å²) in [4.78, 5) is 4.77. The van der Waals surface area contributed by atoms with E-state index in [9.17, 15) is 0 Å².